The number of benzene rings is 3. The molecule has 0 heterocycles. The highest BCUT2D eigenvalue weighted by Gasteiger charge is 2.00. The molecular weight excluding hydrogens is 346 g/mol. The maximum atomic E-state index is 9.89. The Balaban J connectivity index is 1.70. The first-order valence-electron chi connectivity index (χ1n) is 8.14. The first kappa shape index (κ1) is 17.8. The van der Waals surface area contributed by atoms with Gasteiger partial charge in [0, 0.05) is 17.7 Å². The zero-order valence-electron chi connectivity index (χ0n) is 14.3. The molecule has 26 heavy (non-hydrogen) atoms. The summed E-state index contributed by atoms with van der Waals surface area (Å²) in [4.78, 5) is 4.38. The van der Waals surface area contributed by atoms with E-state index in [1.165, 1.54) is 5.56 Å². The van der Waals surface area contributed by atoms with E-state index in [-0.39, 0.29) is 5.75 Å². The number of hydrogen-bond acceptors (Lipinski definition) is 4. The van der Waals surface area contributed by atoms with Crippen molar-refractivity contribution in [1.82, 2.24) is 0 Å². The van der Waals surface area contributed by atoms with Gasteiger partial charge in [-0.2, -0.15) is 10.2 Å². The molecule has 0 fully saturated rings. The van der Waals surface area contributed by atoms with Gasteiger partial charge in [-0.05, 0) is 61.0 Å². The lowest BCUT2D eigenvalue weighted by Gasteiger charge is -2.01. The largest absolute Gasteiger partial charge is 0.507 e. The number of halogens is 1. The molecule has 0 saturated heterocycles. The molecule has 0 aliphatic rings. The number of phenols is 1. The van der Waals surface area contributed by atoms with Crippen molar-refractivity contribution in [1.29, 1.82) is 0 Å². The van der Waals surface area contributed by atoms with Crippen LogP contribution >= 0.6 is 11.6 Å². The smallest absolute Gasteiger partial charge is 0.124 e. The summed E-state index contributed by atoms with van der Waals surface area (Å²) in [6.45, 7) is 2.03. The van der Waals surface area contributed by atoms with E-state index in [0.29, 0.717) is 11.4 Å². The van der Waals surface area contributed by atoms with Gasteiger partial charge in [0.05, 0.1) is 17.1 Å². The topological polar surface area (TPSA) is 57.3 Å². The van der Waals surface area contributed by atoms with Crippen LogP contribution in [-0.2, 0) is 5.88 Å². The Bertz CT molecular complexity index is 932. The van der Waals surface area contributed by atoms with Crippen molar-refractivity contribution in [3.05, 3.63) is 83.4 Å². The lowest BCUT2D eigenvalue weighted by atomic mass is 10.1. The minimum atomic E-state index is 0.172. The fourth-order valence-electron chi connectivity index (χ4n) is 2.27. The molecule has 130 valence electrons. The van der Waals surface area contributed by atoms with Gasteiger partial charge < -0.3 is 5.11 Å². The summed E-state index contributed by atoms with van der Waals surface area (Å²) in [5.74, 6) is 0.563. The fourth-order valence-corrected chi connectivity index (χ4v) is 2.43. The van der Waals surface area contributed by atoms with Crippen LogP contribution in [0.25, 0.3) is 0 Å². The van der Waals surface area contributed by atoms with Crippen LogP contribution in [0.15, 0.2) is 82.0 Å². The standard InChI is InChI=1S/C21H18ClN3O/c1-15-2-5-19(6-3-15)24-25-20-9-7-18(8-10-20)23-14-17-12-16(13-22)4-11-21(17)26/h2-12,14,26H,13H2,1H3. The number of aryl methyl sites for hydroxylation is 1. The van der Waals surface area contributed by atoms with Gasteiger partial charge in [-0.3, -0.25) is 4.99 Å². The summed E-state index contributed by atoms with van der Waals surface area (Å²) in [6.07, 6.45) is 1.62. The molecule has 4 nitrogen and oxygen atoms in total. The van der Waals surface area contributed by atoms with Crippen molar-refractivity contribution in [2.24, 2.45) is 15.2 Å². The van der Waals surface area contributed by atoms with Crippen molar-refractivity contribution < 1.29 is 5.11 Å². The average molecular weight is 364 g/mol. The Morgan fingerprint density at radius 3 is 2.04 bits per heavy atom. The van der Waals surface area contributed by atoms with E-state index >= 15 is 0 Å². The molecule has 5 heteroatoms. The van der Waals surface area contributed by atoms with Gasteiger partial charge in [0.15, 0.2) is 0 Å². The van der Waals surface area contributed by atoms with Gasteiger partial charge in [0.25, 0.3) is 0 Å². The van der Waals surface area contributed by atoms with Crippen LogP contribution in [0.2, 0.25) is 0 Å². The SMILES string of the molecule is Cc1ccc(N=Nc2ccc(N=Cc3cc(CCl)ccc3O)cc2)cc1. The Hall–Kier alpha value is -2.98. The summed E-state index contributed by atoms with van der Waals surface area (Å²) < 4.78 is 0. The molecule has 0 spiro atoms. The van der Waals surface area contributed by atoms with E-state index in [1.54, 1.807) is 18.3 Å². The number of nitrogens with zero attached hydrogens (tertiary/aromatic N) is 3. The van der Waals surface area contributed by atoms with Crippen molar-refractivity contribution in [2.75, 3.05) is 0 Å². The molecule has 0 saturated carbocycles. The Kier molecular flexibility index (Phi) is 5.77. The van der Waals surface area contributed by atoms with E-state index < -0.39 is 0 Å². The van der Waals surface area contributed by atoms with Crippen LogP contribution in [0.5, 0.6) is 5.75 Å². The second kappa shape index (κ2) is 8.41. The minimum absolute atomic E-state index is 0.172. The molecule has 0 aromatic heterocycles. The van der Waals surface area contributed by atoms with Crippen LogP contribution in [-0.4, -0.2) is 11.3 Å². The van der Waals surface area contributed by atoms with Crippen LogP contribution in [0.1, 0.15) is 16.7 Å². The van der Waals surface area contributed by atoms with Gasteiger partial charge in [0.1, 0.15) is 5.75 Å². The van der Waals surface area contributed by atoms with Crippen molar-refractivity contribution >= 4 is 34.9 Å². The van der Waals surface area contributed by atoms with E-state index in [9.17, 15) is 5.11 Å². The highest BCUT2D eigenvalue weighted by atomic mass is 35.5. The Labute approximate surface area is 157 Å². The van der Waals surface area contributed by atoms with Crippen molar-refractivity contribution in [3.8, 4) is 5.75 Å². The molecule has 0 unspecified atom stereocenters. The second-order valence-electron chi connectivity index (χ2n) is 5.84. The zero-order chi connectivity index (χ0) is 18.4. The zero-order valence-corrected chi connectivity index (χ0v) is 15.1. The van der Waals surface area contributed by atoms with Crippen molar-refractivity contribution in [2.45, 2.75) is 12.8 Å². The van der Waals surface area contributed by atoms with Gasteiger partial charge in [-0.15, -0.1) is 11.6 Å². The summed E-state index contributed by atoms with van der Waals surface area (Å²) in [5.41, 5.74) is 5.07. The first-order valence-corrected chi connectivity index (χ1v) is 8.68. The molecule has 0 aliphatic heterocycles. The van der Waals surface area contributed by atoms with Crippen LogP contribution in [0, 0.1) is 6.92 Å². The molecule has 0 bridgehead atoms. The summed E-state index contributed by atoms with van der Waals surface area (Å²) in [7, 11) is 0. The third kappa shape index (κ3) is 4.77. The predicted octanol–water partition coefficient (Wildman–Crippen LogP) is 6.61. The number of phenolic OH excluding ortho intramolecular Hbond substituents is 1. The van der Waals surface area contributed by atoms with Gasteiger partial charge in [-0.25, -0.2) is 0 Å². The number of aliphatic imine (C=N–C) groups is 1. The average Bonchev–Trinajstić information content (AvgIpc) is 2.68. The lowest BCUT2D eigenvalue weighted by molar-refractivity contribution is 0.474. The predicted molar refractivity (Wildman–Crippen MR) is 107 cm³/mol. The molecule has 3 rings (SSSR count). The Morgan fingerprint density at radius 2 is 1.42 bits per heavy atom. The lowest BCUT2D eigenvalue weighted by Crippen LogP contribution is -1.85. The van der Waals surface area contributed by atoms with E-state index in [0.717, 1.165) is 22.6 Å². The number of azo groups is 1. The fraction of sp³-hybridized carbons (Fsp3) is 0.0952. The van der Waals surface area contributed by atoms with Crippen molar-refractivity contribution in [3.63, 3.8) is 0 Å². The molecule has 3 aromatic carbocycles. The van der Waals surface area contributed by atoms with Crippen LogP contribution < -0.4 is 0 Å². The Morgan fingerprint density at radius 1 is 0.846 bits per heavy atom. The third-order valence-electron chi connectivity index (χ3n) is 3.76. The van der Waals surface area contributed by atoms with Gasteiger partial charge in [0.2, 0.25) is 0 Å². The maximum Gasteiger partial charge on any atom is 0.124 e. The van der Waals surface area contributed by atoms with Crippen LogP contribution in [0.3, 0.4) is 0 Å². The summed E-state index contributed by atoms with van der Waals surface area (Å²) >= 11 is 5.82. The minimum Gasteiger partial charge on any atom is -0.507 e. The number of hydrogen-bond donors (Lipinski definition) is 1. The van der Waals surface area contributed by atoms with Crippen LogP contribution in [0.4, 0.5) is 17.1 Å². The number of aromatic hydroxyl groups is 1. The summed E-state index contributed by atoms with van der Waals surface area (Å²) in [6, 6.07) is 20.5. The normalized spacial score (nSPS) is 11.5. The highest BCUT2D eigenvalue weighted by Crippen LogP contribution is 2.23. The summed E-state index contributed by atoms with van der Waals surface area (Å²) in [5, 5.41) is 18.3. The highest BCUT2D eigenvalue weighted by molar-refractivity contribution is 6.17. The van der Waals surface area contributed by atoms with E-state index in [1.807, 2.05) is 61.5 Å². The molecule has 0 amide bonds. The van der Waals surface area contributed by atoms with Gasteiger partial charge in [-0.1, -0.05) is 23.8 Å². The maximum absolute atomic E-state index is 9.89. The molecule has 0 aliphatic carbocycles. The molecule has 0 radical (unpaired) electrons. The first-order chi connectivity index (χ1) is 12.6. The second-order valence-corrected chi connectivity index (χ2v) is 6.10. The monoisotopic (exact) mass is 363 g/mol. The molecule has 3 aromatic rings. The van der Waals surface area contributed by atoms with Gasteiger partial charge >= 0.3 is 0 Å². The number of rotatable bonds is 5. The quantitative estimate of drug-likeness (QED) is 0.309. The third-order valence-corrected chi connectivity index (χ3v) is 4.07. The van der Waals surface area contributed by atoms with E-state index in [4.69, 9.17) is 11.6 Å². The molecule has 1 N–H and O–H groups in total. The molecular formula is C21H18ClN3O. The van der Waals surface area contributed by atoms with E-state index in [2.05, 4.69) is 15.2 Å². The molecule has 0 atom stereocenters. The number of alkyl halides is 1.